The average molecular weight is 289 g/mol. The zero-order valence-corrected chi connectivity index (χ0v) is 10.8. The number of thiophene rings is 1. The van der Waals surface area contributed by atoms with Crippen LogP contribution in [0, 0.1) is 0 Å². The second kappa shape index (κ2) is 4.42. The summed E-state index contributed by atoms with van der Waals surface area (Å²) < 4.78 is 0.959. The predicted octanol–water partition coefficient (Wildman–Crippen LogP) is 3.60. The van der Waals surface area contributed by atoms with Gasteiger partial charge in [0.05, 0.1) is 0 Å². The molecular weight excluding hydrogens is 280 g/mol. The molecule has 0 aliphatic heterocycles. The van der Waals surface area contributed by atoms with Crippen LogP contribution >= 0.6 is 38.6 Å². The minimum Gasteiger partial charge on any atom is -0.365 e. The molecule has 0 unspecified atom stereocenters. The summed E-state index contributed by atoms with van der Waals surface area (Å²) in [6, 6.07) is 4.23. The van der Waals surface area contributed by atoms with E-state index in [1.165, 1.54) is 9.75 Å². The molecule has 2 nitrogen and oxygen atoms in total. The lowest BCUT2D eigenvalue weighted by molar-refractivity contribution is 1.22. The smallest absolute Gasteiger partial charge is 0.183 e. The van der Waals surface area contributed by atoms with Gasteiger partial charge in [0.2, 0.25) is 0 Å². The summed E-state index contributed by atoms with van der Waals surface area (Å²) in [5, 5.41) is 6.11. The Morgan fingerprint density at radius 3 is 3.00 bits per heavy atom. The van der Waals surface area contributed by atoms with Gasteiger partial charge in [0.15, 0.2) is 5.13 Å². The summed E-state index contributed by atoms with van der Waals surface area (Å²) in [5.74, 6) is 0. The van der Waals surface area contributed by atoms with Crippen molar-refractivity contribution >= 4 is 43.7 Å². The van der Waals surface area contributed by atoms with Crippen molar-refractivity contribution in [1.82, 2.24) is 4.98 Å². The van der Waals surface area contributed by atoms with Crippen LogP contribution < -0.4 is 5.32 Å². The normalized spacial score (nSPS) is 10.4. The van der Waals surface area contributed by atoms with E-state index in [9.17, 15) is 0 Å². The molecule has 0 spiro atoms. The SMILES string of the molecule is CNc1nc(Br)c(Cc2cccs2)s1. The summed E-state index contributed by atoms with van der Waals surface area (Å²) in [5.41, 5.74) is 0. The zero-order chi connectivity index (χ0) is 9.97. The van der Waals surface area contributed by atoms with E-state index in [0.29, 0.717) is 0 Å². The van der Waals surface area contributed by atoms with Gasteiger partial charge < -0.3 is 5.32 Å². The topological polar surface area (TPSA) is 24.9 Å². The Morgan fingerprint density at radius 1 is 1.57 bits per heavy atom. The summed E-state index contributed by atoms with van der Waals surface area (Å²) in [4.78, 5) is 6.99. The molecule has 1 N–H and O–H groups in total. The van der Waals surface area contributed by atoms with Gasteiger partial charge in [0.25, 0.3) is 0 Å². The lowest BCUT2D eigenvalue weighted by Gasteiger charge is -1.92. The van der Waals surface area contributed by atoms with Crippen molar-refractivity contribution in [3.63, 3.8) is 0 Å². The largest absolute Gasteiger partial charge is 0.365 e. The van der Waals surface area contributed by atoms with Gasteiger partial charge in [-0.3, -0.25) is 0 Å². The van der Waals surface area contributed by atoms with Gasteiger partial charge in [0, 0.05) is 23.2 Å². The van der Waals surface area contributed by atoms with Crippen LogP contribution in [0.4, 0.5) is 5.13 Å². The van der Waals surface area contributed by atoms with E-state index in [0.717, 1.165) is 16.2 Å². The van der Waals surface area contributed by atoms with Crippen molar-refractivity contribution < 1.29 is 0 Å². The molecule has 5 heteroatoms. The molecule has 74 valence electrons. The van der Waals surface area contributed by atoms with Crippen LogP contribution in [0.3, 0.4) is 0 Å². The summed E-state index contributed by atoms with van der Waals surface area (Å²) in [6.45, 7) is 0. The Morgan fingerprint density at radius 2 is 2.43 bits per heavy atom. The highest BCUT2D eigenvalue weighted by Gasteiger charge is 2.08. The number of rotatable bonds is 3. The summed E-state index contributed by atoms with van der Waals surface area (Å²) in [7, 11) is 1.89. The fraction of sp³-hybridized carbons (Fsp3) is 0.222. The molecule has 0 fully saturated rings. The molecule has 0 radical (unpaired) electrons. The first-order valence-corrected chi connectivity index (χ1v) is 6.64. The van der Waals surface area contributed by atoms with Crippen molar-refractivity contribution in [2.75, 3.05) is 12.4 Å². The third-order valence-electron chi connectivity index (χ3n) is 1.78. The van der Waals surface area contributed by atoms with E-state index in [4.69, 9.17) is 0 Å². The van der Waals surface area contributed by atoms with E-state index in [1.54, 1.807) is 22.7 Å². The Balaban J connectivity index is 2.20. The molecule has 0 amide bonds. The Labute approximate surface area is 99.1 Å². The minimum absolute atomic E-state index is 0.959. The molecular formula is C9H9BrN2S2. The number of hydrogen-bond acceptors (Lipinski definition) is 4. The van der Waals surface area contributed by atoms with Crippen molar-refractivity contribution in [2.24, 2.45) is 0 Å². The first-order chi connectivity index (χ1) is 6.79. The van der Waals surface area contributed by atoms with E-state index in [1.807, 2.05) is 7.05 Å². The maximum absolute atomic E-state index is 4.34. The highest BCUT2D eigenvalue weighted by atomic mass is 79.9. The fourth-order valence-electron chi connectivity index (χ4n) is 1.12. The summed E-state index contributed by atoms with van der Waals surface area (Å²) >= 11 is 6.94. The Hall–Kier alpha value is -0.390. The van der Waals surface area contributed by atoms with E-state index >= 15 is 0 Å². The number of thiazole rings is 1. The van der Waals surface area contributed by atoms with Crippen LogP contribution in [0.1, 0.15) is 9.75 Å². The van der Waals surface area contributed by atoms with Crippen molar-refractivity contribution in [3.05, 3.63) is 31.9 Å². The first-order valence-electron chi connectivity index (χ1n) is 4.15. The molecule has 2 aromatic heterocycles. The number of aromatic nitrogens is 1. The van der Waals surface area contributed by atoms with Crippen LogP contribution in [0.15, 0.2) is 22.1 Å². The average Bonchev–Trinajstić information content (AvgIpc) is 2.78. The molecule has 14 heavy (non-hydrogen) atoms. The first kappa shape index (κ1) is 10.1. The lowest BCUT2D eigenvalue weighted by Crippen LogP contribution is -1.83. The maximum atomic E-state index is 4.34. The molecule has 2 aromatic rings. The van der Waals surface area contributed by atoms with Gasteiger partial charge in [-0.25, -0.2) is 4.98 Å². The molecule has 2 rings (SSSR count). The molecule has 0 aromatic carbocycles. The van der Waals surface area contributed by atoms with Gasteiger partial charge in [-0.05, 0) is 27.4 Å². The standard InChI is InChI=1S/C9H9BrN2S2/c1-11-9-12-8(10)7(14-9)5-6-3-2-4-13-6/h2-4H,5H2,1H3,(H,11,12). The van der Waals surface area contributed by atoms with Gasteiger partial charge in [-0.2, -0.15) is 0 Å². The van der Waals surface area contributed by atoms with Crippen LogP contribution in [0.2, 0.25) is 0 Å². The molecule has 0 saturated heterocycles. The van der Waals surface area contributed by atoms with Crippen molar-refractivity contribution in [1.29, 1.82) is 0 Å². The molecule has 0 bridgehead atoms. The number of anilines is 1. The molecule has 0 atom stereocenters. The van der Waals surface area contributed by atoms with Gasteiger partial charge in [-0.15, -0.1) is 22.7 Å². The molecule has 0 aliphatic carbocycles. The lowest BCUT2D eigenvalue weighted by atomic mass is 10.3. The fourth-order valence-corrected chi connectivity index (χ4v) is 3.44. The Kier molecular flexibility index (Phi) is 3.20. The monoisotopic (exact) mass is 288 g/mol. The third kappa shape index (κ3) is 2.16. The van der Waals surface area contributed by atoms with Crippen LogP contribution in [-0.2, 0) is 6.42 Å². The van der Waals surface area contributed by atoms with Gasteiger partial charge >= 0.3 is 0 Å². The number of nitrogens with one attached hydrogen (secondary N) is 1. The van der Waals surface area contributed by atoms with E-state index in [-0.39, 0.29) is 0 Å². The third-order valence-corrected chi connectivity index (χ3v) is 4.65. The maximum Gasteiger partial charge on any atom is 0.183 e. The quantitative estimate of drug-likeness (QED) is 0.934. The number of halogens is 1. The molecule has 2 heterocycles. The Bertz CT molecular complexity index is 408. The number of nitrogens with zero attached hydrogens (tertiary/aromatic N) is 1. The second-order valence-corrected chi connectivity index (χ2v) is 5.61. The van der Waals surface area contributed by atoms with Crippen LogP contribution in [0.25, 0.3) is 0 Å². The zero-order valence-electron chi connectivity index (χ0n) is 7.58. The van der Waals surface area contributed by atoms with Gasteiger partial charge in [0.1, 0.15) is 4.60 Å². The van der Waals surface area contributed by atoms with E-state index in [2.05, 4.69) is 43.7 Å². The van der Waals surface area contributed by atoms with Crippen molar-refractivity contribution in [3.8, 4) is 0 Å². The number of hydrogen-bond donors (Lipinski definition) is 1. The van der Waals surface area contributed by atoms with Crippen LogP contribution in [0.5, 0.6) is 0 Å². The highest BCUT2D eigenvalue weighted by molar-refractivity contribution is 9.10. The minimum atomic E-state index is 0.959. The van der Waals surface area contributed by atoms with E-state index < -0.39 is 0 Å². The predicted molar refractivity (Wildman–Crippen MR) is 66.5 cm³/mol. The molecule has 0 aliphatic rings. The summed E-state index contributed by atoms with van der Waals surface area (Å²) in [6.07, 6.45) is 0.970. The second-order valence-electron chi connectivity index (χ2n) is 2.74. The molecule has 0 saturated carbocycles. The van der Waals surface area contributed by atoms with Crippen molar-refractivity contribution in [2.45, 2.75) is 6.42 Å². The van der Waals surface area contributed by atoms with Gasteiger partial charge in [-0.1, -0.05) is 6.07 Å². The highest BCUT2D eigenvalue weighted by Crippen LogP contribution is 2.29. The van der Waals surface area contributed by atoms with Crippen LogP contribution in [-0.4, -0.2) is 12.0 Å².